The van der Waals surface area contributed by atoms with Crippen LogP contribution in [0.15, 0.2) is 16.9 Å². The molecule has 0 fully saturated rings. The molecular formula is C11H18N6O. The second kappa shape index (κ2) is 5.63. The fourth-order valence-corrected chi connectivity index (χ4v) is 1.67. The largest absolute Gasteiger partial charge is 0.369 e. The maximum absolute atomic E-state index is 11.3. The molecule has 2 rings (SSSR count). The maximum Gasteiger partial charge on any atom is 0.364 e. The Bertz CT molecular complexity index is 558. The van der Waals surface area contributed by atoms with E-state index in [0.717, 1.165) is 25.9 Å². The summed E-state index contributed by atoms with van der Waals surface area (Å²) in [4.78, 5) is 13.5. The highest BCUT2D eigenvalue weighted by molar-refractivity contribution is 5.42. The van der Waals surface area contributed by atoms with Crippen molar-refractivity contribution < 1.29 is 0 Å². The molecule has 7 heteroatoms. The zero-order chi connectivity index (χ0) is 13.0. The molecule has 0 bridgehead atoms. The van der Waals surface area contributed by atoms with E-state index in [1.165, 1.54) is 4.52 Å². The quantitative estimate of drug-likeness (QED) is 0.715. The second-order valence-electron chi connectivity index (χ2n) is 4.45. The van der Waals surface area contributed by atoms with E-state index in [1.807, 2.05) is 6.07 Å². The van der Waals surface area contributed by atoms with E-state index in [0.29, 0.717) is 11.5 Å². The Labute approximate surface area is 105 Å². The van der Waals surface area contributed by atoms with Crippen LogP contribution in [0.3, 0.4) is 0 Å². The molecule has 0 amide bonds. The molecule has 0 saturated heterocycles. The van der Waals surface area contributed by atoms with Crippen LogP contribution >= 0.6 is 0 Å². The van der Waals surface area contributed by atoms with E-state index in [1.54, 1.807) is 6.07 Å². The summed E-state index contributed by atoms with van der Waals surface area (Å²) < 4.78 is 1.25. The Balaban J connectivity index is 1.88. The van der Waals surface area contributed by atoms with Gasteiger partial charge >= 0.3 is 5.69 Å². The van der Waals surface area contributed by atoms with Crippen molar-refractivity contribution in [3.05, 3.63) is 22.6 Å². The number of rotatable bonds is 6. The lowest BCUT2D eigenvalue weighted by Crippen LogP contribution is -2.16. The molecule has 0 saturated carbocycles. The number of unbranched alkanes of at least 4 members (excludes halogenated alkanes) is 1. The highest BCUT2D eigenvalue weighted by Gasteiger charge is 2.01. The molecule has 0 radical (unpaired) electrons. The van der Waals surface area contributed by atoms with Crippen molar-refractivity contribution in [1.29, 1.82) is 0 Å². The SMILES string of the molecule is CN(C)CCCCNc1ccc2n[nH]c(=O)n2n1. The Kier molecular flexibility index (Phi) is 3.93. The standard InChI is InChI=1S/C11H18N6O/c1-16(2)8-4-3-7-12-9-5-6-10-13-14-11(18)17(10)15-9/h5-6H,3-4,7-8H2,1-2H3,(H,12,15)(H,14,18). The number of hydrogen-bond acceptors (Lipinski definition) is 5. The Hall–Kier alpha value is -1.89. The molecule has 0 aliphatic rings. The number of fused-ring (bicyclic) bond motifs is 1. The molecule has 0 spiro atoms. The minimum absolute atomic E-state index is 0.318. The molecule has 2 heterocycles. The average molecular weight is 250 g/mol. The zero-order valence-electron chi connectivity index (χ0n) is 10.7. The summed E-state index contributed by atoms with van der Waals surface area (Å²) in [6.45, 7) is 1.92. The average Bonchev–Trinajstić information content (AvgIpc) is 2.70. The molecule has 18 heavy (non-hydrogen) atoms. The van der Waals surface area contributed by atoms with Crippen LogP contribution in [0.25, 0.3) is 5.65 Å². The molecule has 98 valence electrons. The third-order valence-corrected chi connectivity index (χ3v) is 2.61. The van der Waals surface area contributed by atoms with E-state index in [9.17, 15) is 4.79 Å². The lowest BCUT2D eigenvalue weighted by molar-refractivity contribution is 0.396. The molecule has 7 nitrogen and oxygen atoms in total. The first kappa shape index (κ1) is 12.6. The normalized spacial score (nSPS) is 11.3. The topological polar surface area (TPSA) is 78.3 Å². The van der Waals surface area contributed by atoms with Gasteiger partial charge in [-0.15, -0.1) is 5.10 Å². The molecule has 2 N–H and O–H groups in total. The fourth-order valence-electron chi connectivity index (χ4n) is 1.67. The van der Waals surface area contributed by atoms with E-state index < -0.39 is 0 Å². The van der Waals surface area contributed by atoms with E-state index >= 15 is 0 Å². The first-order valence-corrected chi connectivity index (χ1v) is 6.00. The minimum Gasteiger partial charge on any atom is -0.369 e. The Morgan fingerprint density at radius 2 is 2.22 bits per heavy atom. The Morgan fingerprint density at radius 1 is 1.39 bits per heavy atom. The summed E-state index contributed by atoms with van der Waals surface area (Å²) in [7, 11) is 4.13. The van der Waals surface area contributed by atoms with Crippen molar-refractivity contribution in [3.63, 3.8) is 0 Å². The molecule has 0 atom stereocenters. The smallest absolute Gasteiger partial charge is 0.364 e. The summed E-state index contributed by atoms with van der Waals surface area (Å²) in [5.74, 6) is 0.691. The summed E-state index contributed by atoms with van der Waals surface area (Å²) >= 11 is 0. The van der Waals surface area contributed by atoms with Crippen molar-refractivity contribution in [2.45, 2.75) is 12.8 Å². The monoisotopic (exact) mass is 250 g/mol. The number of aromatic nitrogens is 4. The minimum atomic E-state index is -0.318. The van der Waals surface area contributed by atoms with Crippen LogP contribution in [0.2, 0.25) is 0 Å². The van der Waals surface area contributed by atoms with Crippen molar-refractivity contribution in [1.82, 2.24) is 24.7 Å². The molecular weight excluding hydrogens is 232 g/mol. The third-order valence-electron chi connectivity index (χ3n) is 2.61. The molecule has 0 aromatic carbocycles. The second-order valence-corrected chi connectivity index (χ2v) is 4.45. The lowest BCUT2D eigenvalue weighted by atomic mass is 10.3. The zero-order valence-corrected chi connectivity index (χ0v) is 10.7. The van der Waals surface area contributed by atoms with Gasteiger partial charge in [-0.1, -0.05) is 0 Å². The lowest BCUT2D eigenvalue weighted by Gasteiger charge is -2.09. The predicted octanol–water partition coefficient (Wildman–Crippen LogP) is 0.171. The van der Waals surface area contributed by atoms with Crippen LogP contribution in [-0.4, -0.2) is 51.9 Å². The van der Waals surface area contributed by atoms with Gasteiger partial charge in [0, 0.05) is 6.54 Å². The highest BCUT2D eigenvalue weighted by Crippen LogP contribution is 2.03. The molecule has 0 unspecified atom stereocenters. The van der Waals surface area contributed by atoms with Crippen LogP contribution in [0.4, 0.5) is 5.82 Å². The predicted molar refractivity (Wildman–Crippen MR) is 69.9 cm³/mol. The fraction of sp³-hybridized carbons (Fsp3) is 0.545. The number of aromatic amines is 1. The molecule has 2 aromatic heterocycles. The van der Waals surface area contributed by atoms with Gasteiger partial charge in [0.2, 0.25) is 0 Å². The van der Waals surface area contributed by atoms with E-state index in [2.05, 4.69) is 39.6 Å². The maximum atomic E-state index is 11.3. The van der Waals surface area contributed by atoms with Gasteiger partial charge in [-0.25, -0.2) is 9.89 Å². The summed E-state index contributed by atoms with van der Waals surface area (Å²) in [6.07, 6.45) is 2.20. The van der Waals surface area contributed by atoms with Crippen LogP contribution < -0.4 is 11.0 Å². The van der Waals surface area contributed by atoms with Gasteiger partial charge in [-0.2, -0.15) is 9.61 Å². The van der Waals surface area contributed by atoms with Crippen molar-refractivity contribution in [3.8, 4) is 0 Å². The van der Waals surface area contributed by atoms with Crippen LogP contribution in [0.1, 0.15) is 12.8 Å². The van der Waals surface area contributed by atoms with Gasteiger partial charge in [-0.05, 0) is 45.6 Å². The van der Waals surface area contributed by atoms with Gasteiger partial charge in [0.25, 0.3) is 0 Å². The van der Waals surface area contributed by atoms with Crippen molar-refractivity contribution in [2.75, 3.05) is 32.5 Å². The first-order valence-electron chi connectivity index (χ1n) is 6.00. The molecule has 2 aromatic rings. The van der Waals surface area contributed by atoms with Crippen molar-refractivity contribution in [2.24, 2.45) is 0 Å². The third kappa shape index (κ3) is 3.07. The van der Waals surface area contributed by atoms with Crippen LogP contribution in [0, 0.1) is 0 Å². The van der Waals surface area contributed by atoms with Gasteiger partial charge in [-0.3, -0.25) is 0 Å². The van der Waals surface area contributed by atoms with Gasteiger partial charge in [0.1, 0.15) is 5.82 Å². The van der Waals surface area contributed by atoms with E-state index in [4.69, 9.17) is 0 Å². The molecule has 0 aliphatic heterocycles. The summed E-state index contributed by atoms with van der Waals surface area (Å²) in [5, 5.41) is 13.5. The van der Waals surface area contributed by atoms with Gasteiger partial charge in [0.15, 0.2) is 5.65 Å². The first-order chi connectivity index (χ1) is 8.66. The van der Waals surface area contributed by atoms with Gasteiger partial charge < -0.3 is 10.2 Å². The number of nitrogens with one attached hydrogen (secondary N) is 2. The summed E-state index contributed by atoms with van der Waals surface area (Å²) in [5.41, 5.74) is 0.208. The van der Waals surface area contributed by atoms with Crippen LogP contribution in [-0.2, 0) is 0 Å². The van der Waals surface area contributed by atoms with Gasteiger partial charge in [0.05, 0.1) is 0 Å². The number of nitrogens with zero attached hydrogens (tertiary/aromatic N) is 4. The van der Waals surface area contributed by atoms with E-state index in [-0.39, 0.29) is 5.69 Å². The van der Waals surface area contributed by atoms with Crippen molar-refractivity contribution >= 4 is 11.5 Å². The number of anilines is 1. The number of hydrogen-bond donors (Lipinski definition) is 2. The number of H-pyrrole nitrogens is 1. The van der Waals surface area contributed by atoms with Crippen LogP contribution in [0.5, 0.6) is 0 Å². The Morgan fingerprint density at radius 3 is 3.00 bits per heavy atom. The summed E-state index contributed by atoms with van der Waals surface area (Å²) in [6, 6.07) is 3.58. The molecule has 0 aliphatic carbocycles. The highest BCUT2D eigenvalue weighted by atomic mass is 16.2.